The minimum absolute atomic E-state index is 0.103. The SMILES string of the molecule is CC(CNCCCO)NC(CC(=O)O)C(=O)O. The molecule has 0 aliphatic carbocycles. The first-order valence-electron chi connectivity index (χ1n) is 5.49. The van der Waals surface area contributed by atoms with Crippen LogP contribution in [0, 0.1) is 0 Å². The van der Waals surface area contributed by atoms with Gasteiger partial charge in [-0.3, -0.25) is 9.59 Å². The minimum atomic E-state index is -1.17. The number of nitrogens with one attached hydrogen (secondary N) is 2. The molecule has 0 saturated heterocycles. The van der Waals surface area contributed by atoms with Crippen LogP contribution in [0.1, 0.15) is 19.8 Å². The third-order valence-corrected chi connectivity index (χ3v) is 2.12. The lowest BCUT2D eigenvalue weighted by atomic mass is 10.2. The van der Waals surface area contributed by atoms with Crippen LogP contribution in [0.5, 0.6) is 0 Å². The van der Waals surface area contributed by atoms with Crippen molar-refractivity contribution in [1.29, 1.82) is 0 Å². The number of aliphatic hydroxyl groups is 1. The van der Waals surface area contributed by atoms with E-state index >= 15 is 0 Å². The molecule has 100 valence electrons. The highest BCUT2D eigenvalue weighted by atomic mass is 16.4. The molecule has 0 aromatic rings. The molecule has 5 N–H and O–H groups in total. The molecule has 0 radical (unpaired) electrons. The Hall–Kier alpha value is -1.18. The smallest absolute Gasteiger partial charge is 0.321 e. The molecule has 2 atom stereocenters. The first-order chi connectivity index (χ1) is 7.97. The second-order valence-corrected chi connectivity index (χ2v) is 3.84. The summed E-state index contributed by atoms with van der Waals surface area (Å²) in [6, 6.07) is -1.24. The highest BCUT2D eigenvalue weighted by Crippen LogP contribution is 1.95. The van der Waals surface area contributed by atoms with Crippen molar-refractivity contribution in [1.82, 2.24) is 10.6 Å². The molecule has 7 nitrogen and oxygen atoms in total. The lowest BCUT2D eigenvalue weighted by Crippen LogP contribution is -2.47. The number of rotatable bonds is 10. The third-order valence-electron chi connectivity index (χ3n) is 2.12. The second kappa shape index (κ2) is 8.91. The van der Waals surface area contributed by atoms with E-state index < -0.39 is 24.4 Å². The summed E-state index contributed by atoms with van der Waals surface area (Å²) < 4.78 is 0. The van der Waals surface area contributed by atoms with Gasteiger partial charge in [0, 0.05) is 19.2 Å². The van der Waals surface area contributed by atoms with Gasteiger partial charge >= 0.3 is 11.9 Å². The van der Waals surface area contributed by atoms with Gasteiger partial charge in [-0.15, -0.1) is 0 Å². The summed E-state index contributed by atoms with van der Waals surface area (Å²) in [5, 5.41) is 31.6. The van der Waals surface area contributed by atoms with Crippen LogP contribution in [-0.2, 0) is 9.59 Å². The van der Waals surface area contributed by atoms with Crippen LogP contribution < -0.4 is 10.6 Å². The standard InChI is InChI=1S/C10H20N2O5/c1-7(6-11-3-2-4-13)12-8(10(16)17)5-9(14)15/h7-8,11-13H,2-6H2,1H3,(H,14,15)(H,16,17). The molecule has 17 heavy (non-hydrogen) atoms. The molecule has 0 bridgehead atoms. The number of hydrogen-bond donors (Lipinski definition) is 5. The Morgan fingerprint density at radius 2 is 1.94 bits per heavy atom. The fraction of sp³-hybridized carbons (Fsp3) is 0.800. The first kappa shape index (κ1) is 15.8. The van der Waals surface area contributed by atoms with Crippen molar-refractivity contribution in [3.05, 3.63) is 0 Å². The van der Waals surface area contributed by atoms with Gasteiger partial charge in [-0.05, 0) is 19.9 Å². The average molecular weight is 248 g/mol. The lowest BCUT2D eigenvalue weighted by molar-refractivity contribution is -0.146. The molecule has 2 unspecified atom stereocenters. The van der Waals surface area contributed by atoms with Crippen molar-refractivity contribution in [2.24, 2.45) is 0 Å². The molecule has 0 saturated carbocycles. The number of aliphatic hydroxyl groups excluding tert-OH is 1. The molecule has 0 spiro atoms. The van der Waals surface area contributed by atoms with E-state index in [0.717, 1.165) is 0 Å². The van der Waals surface area contributed by atoms with Gasteiger partial charge in [0.25, 0.3) is 0 Å². The van der Waals surface area contributed by atoms with Gasteiger partial charge in [-0.25, -0.2) is 0 Å². The van der Waals surface area contributed by atoms with Crippen molar-refractivity contribution in [2.75, 3.05) is 19.7 Å². The molecule has 7 heteroatoms. The Kier molecular flexibility index (Phi) is 8.29. The van der Waals surface area contributed by atoms with Gasteiger partial charge < -0.3 is 26.0 Å². The van der Waals surface area contributed by atoms with Crippen LogP contribution in [0.2, 0.25) is 0 Å². The zero-order valence-electron chi connectivity index (χ0n) is 9.85. The molecular weight excluding hydrogens is 228 g/mol. The zero-order valence-corrected chi connectivity index (χ0v) is 9.85. The maximum Gasteiger partial charge on any atom is 0.321 e. The molecule has 0 aromatic carbocycles. The zero-order chi connectivity index (χ0) is 13.3. The predicted octanol–water partition coefficient (Wildman–Crippen LogP) is -1.14. The molecule has 0 aromatic heterocycles. The Bertz CT molecular complexity index is 247. The molecule has 0 rings (SSSR count). The number of hydrogen-bond acceptors (Lipinski definition) is 5. The van der Waals surface area contributed by atoms with E-state index in [4.69, 9.17) is 15.3 Å². The maximum absolute atomic E-state index is 10.8. The van der Waals surface area contributed by atoms with E-state index in [-0.39, 0.29) is 12.6 Å². The normalized spacial score (nSPS) is 14.2. The monoisotopic (exact) mass is 248 g/mol. The number of aliphatic carboxylic acids is 2. The summed E-state index contributed by atoms with van der Waals surface area (Å²) in [7, 11) is 0. The summed E-state index contributed by atoms with van der Waals surface area (Å²) in [5.74, 6) is -2.32. The van der Waals surface area contributed by atoms with E-state index in [0.29, 0.717) is 19.5 Å². The van der Waals surface area contributed by atoms with E-state index in [1.165, 1.54) is 0 Å². The lowest BCUT2D eigenvalue weighted by Gasteiger charge is -2.19. The Morgan fingerprint density at radius 3 is 2.41 bits per heavy atom. The van der Waals surface area contributed by atoms with E-state index in [2.05, 4.69) is 10.6 Å². The van der Waals surface area contributed by atoms with Gasteiger partial charge in [0.05, 0.1) is 6.42 Å². The molecule has 0 aliphatic heterocycles. The summed E-state index contributed by atoms with van der Waals surface area (Å²) in [4.78, 5) is 21.2. The van der Waals surface area contributed by atoms with Crippen molar-refractivity contribution in [3.63, 3.8) is 0 Å². The van der Waals surface area contributed by atoms with Crippen LogP contribution in [0.3, 0.4) is 0 Å². The van der Waals surface area contributed by atoms with Crippen molar-refractivity contribution in [3.8, 4) is 0 Å². The second-order valence-electron chi connectivity index (χ2n) is 3.84. The first-order valence-corrected chi connectivity index (χ1v) is 5.49. The number of carbonyl (C=O) groups is 2. The van der Waals surface area contributed by atoms with Gasteiger partial charge in [0.1, 0.15) is 6.04 Å². The molecule has 0 amide bonds. The van der Waals surface area contributed by atoms with Crippen LogP contribution in [-0.4, -0.2) is 59.0 Å². The van der Waals surface area contributed by atoms with E-state index in [9.17, 15) is 9.59 Å². The minimum Gasteiger partial charge on any atom is -0.481 e. The van der Waals surface area contributed by atoms with Crippen LogP contribution >= 0.6 is 0 Å². The van der Waals surface area contributed by atoms with Gasteiger partial charge in [-0.1, -0.05) is 0 Å². The van der Waals surface area contributed by atoms with Crippen molar-refractivity contribution >= 4 is 11.9 Å². The fourth-order valence-corrected chi connectivity index (χ4v) is 1.32. The van der Waals surface area contributed by atoms with E-state index in [1.807, 2.05) is 0 Å². The van der Waals surface area contributed by atoms with Crippen LogP contribution in [0.25, 0.3) is 0 Å². The maximum atomic E-state index is 10.8. The molecule has 0 heterocycles. The van der Waals surface area contributed by atoms with E-state index in [1.54, 1.807) is 6.92 Å². The topological polar surface area (TPSA) is 119 Å². The Morgan fingerprint density at radius 1 is 1.29 bits per heavy atom. The molecule has 0 fully saturated rings. The molecule has 0 aliphatic rings. The Labute approximate surface area is 99.8 Å². The van der Waals surface area contributed by atoms with Gasteiger partial charge in [-0.2, -0.15) is 0 Å². The predicted molar refractivity (Wildman–Crippen MR) is 60.8 cm³/mol. The highest BCUT2D eigenvalue weighted by molar-refractivity contribution is 5.80. The number of carboxylic acid groups (broad SMARTS) is 2. The van der Waals surface area contributed by atoms with Gasteiger partial charge in [0.2, 0.25) is 0 Å². The highest BCUT2D eigenvalue weighted by Gasteiger charge is 2.22. The van der Waals surface area contributed by atoms with Gasteiger partial charge in [0.15, 0.2) is 0 Å². The summed E-state index contributed by atoms with van der Waals surface area (Å²) in [5.41, 5.74) is 0. The van der Waals surface area contributed by atoms with Crippen LogP contribution in [0.4, 0.5) is 0 Å². The summed E-state index contributed by atoms with van der Waals surface area (Å²) in [6.45, 7) is 3.03. The van der Waals surface area contributed by atoms with Crippen LogP contribution in [0.15, 0.2) is 0 Å². The third kappa shape index (κ3) is 8.61. The fourth-order valence-electron chi connectivity index (χ4n) is 1.32. The Balaban J connectivity index is 3.91. The van der Waals surface area contributed by atoms with Crippen molar-refractivity contribution < 1.29 is 24.9 Å². The quantitative estimate of drug-likeness (QED) is 0.310. The summed E-state index contributed by atoms with van der Waals surface area (Å²) in [6.07, 6.45) is 0.181. The number of carboxylic acids is 2. The largest absolute Gasteiger partial charge is 0.481 e. The average Bonchev–Trinajstić information content (AvgIpc) is 2.22. The molecular formula is C10H20N2O5. The van der Waals surface area contributed by atoms with Crippen molar-refractivity contribution in [2.45, 2.75) is 31.8 Å². The summed E-state index contributed by atoms with van der Waals surface area (Å²) >= 11 is 0.